The summed E-state index contributed by atoms with van der Waals surface area (Å²) in [6.45, 7) is 2.46. The van der Waals surface area contributed by atoms with Crippen LogP contribution in [0, 0.1) is 5.82 Å². The molecule has 33 heavy (non-hydrogen) atoms. The predicted octanol–water partition coefficient (Wildman–Crippen LogP) is 2.87. The number of hydrogen-bond acceptors (Lipinski definition) is 8. The van der Waals surface area contributed by atoms with Crippen molar-refractivity contribution in [3.8, 4) is 17.2 Å². The van der Waals surface area contributed by atoms with Crippen molar-refractivity contribution in [2.75, 3.05) is 47.6 Å². The van der Waals surface area contributed by atoms with Crippen LogP contribution >= 0.6 is 0 Å². The molecule has 0 saturated carbocycles. The molecular weight excluding hydrogens is 433 g/mol. The molecule has 1 unspecified atom stereocenters. The van der Waals surface area contributed by atoms with Crippen LogP contribution in [0.2, 0.25) is 0 Å². The number of Topliss-reactive ketones (excluding diaryl/α,β-unsaturated/α-hetero) is 1. The van der Waals surface area contributed by atoms with Gasteiger partial charge in [-0.15, -0.1) is 0 Å². The summed E-state index contributed by atoms with van der Waals surface area (Å²) in [5, 5.41) is 0. The molecule has 1 saturated heterocycles. The molecule has 0 spiro atoms. The van der Waals surface area contributed by atoms with Crippen molar-refractivity contribution in [2.45, 2.75) is 19.1 Å². The number of ketones is 1. The third-order valence-corrected chi connectivity index (χ3v) is 5.31. The molecule has 0 N–H and O–H groups in total. The van der Waals surface area contributed by atoms with Gasteiger partial charge in [0.1, 0.15) is 30.7 Å². The van der Waals surface area contributed by atoms with Crippen LogP contribution in [-0.4, -0.2) is 70.4 Å². The van der Waals surface area contributed by atoms with Crippen LogP contribution in [0.5, 0.6) is 17.2 Å². The second kappa shape index (κ2) is 11.6. The molecule has 1 aliphatic rings. The van der Waals surface area contributed by atoms with Crippen LogP contribution in [0.25, 0.3) is 0 Å². The number of benzene rings is 2. The number of carbonyl (C=O) groups is 2. The van der Waals surface area contributed by atoms with Gasteiger partial charge in [-0.2, -0.15) is 0 Å². The summed E-state index contributed by atoms with van der Waals surface area (Å²) in [5.41, 5.74) is 0.922. The summed E-state index contributed by atoms with van der Waals surface area (Å²) >= 11 is 0. The molecule has 3 rings (SSSR count). The number of rotatable bonds is 10. The highest BCUT2D eigenvalue weighted by atomic mass is 19.1. The maximum absolute atomic E-state index is 14.5. The van der Waals surface area contributed by atoms with Gasteiger partial charge < -0.3 is 23.7 Å². The van der Waals surface area contributed by atoms with E-state index in [4.69, 9.17) is 18.9 Å². The predicted molar refractivity (Wildman–Crippen MR) is 117 cm³/mol. The maximum atomic E-state index is 14.5. The molecule has 2 aromatic rings. The van der Waals surface area contributed by atoms with Gasteiger partial charge in [0.25, 0.3) is 0 Å². The van der Waals surface area contributed by atoms with Crippen LogP contribution in [0.1, 0.15) is 22.3 Å². The third-order valence-electron chi connectivity index (χ3n) is 5.31. The van der Waals surface area contributed by atoms with E-state index in [-0.39, 0.29) is 24.1 Å². The van der Waals surface area contributed by atoms with E-state index in [0.29, 0.717) is 61.2 Å². The summed E-state index contributed by atoms with van der Waals surface area (Å²) in [5.74, 6) is 0.167. The van der Waals surface area contributed by atoms with Gasteiger partial charge in [-0.1, -0.05) is 0 Å². The fourth-order valence-electron chi connectivity index (χ4n) is 3.51. The van der Waals surface area contributed by atoms with Crippen LogP contribution in [0.15, 0.2) is 36.4 Å². The van der Waals surface area contributed by atoms with E-state index in [0.717, 1.165) is 0 Å². The van der Waals surface area contributed by atoms with Crippen molar-refractivity contribution in [1.82, 2.24) is 4.90 Å². The lowest BCUT2D eigenvalue weighted by atomic mass is 10.1. The van der Waals surface area contributed by atoms with E-state index in [1.807, 2.05) is 0 Å². The van der Waals surface area contributed by atoms with E-state index in [2.05, 4.69) is 9.64 Å². The van der Waals surface area contributed by atoms with Gasteiger partial charge >= 0.3 is 5.97 Å². The summed E-state index contributed by atoms with van der Waals surface area (Å²) < 4.78 is 41.0. The highest BCUT2D eigenvalue weighted by Gasteiger charge is 2.23. The normalized spacial score (nSPS) is 16.2. The first-order valence-corrected chi connectivity index (χ1v) is 10.5. The van der Waals surface area contributed by atoms with E-state index in [1.54, 1.807) is 30.3 Å². The van der Waals surface area contributed by atoms with Gasteiger partial charge in [-0.05, 0) is 30.3 Å². The Morgan fingerprint density at radius 3 is 2.45 bits per heavy atom. The van der Waals surface area contributed by atoms with E-state index >= 15 is 0 Å². The summed E-state index contributed by atoms with van der Waals surface area (Å²) in [7, 11) is 4.23. The Kier molecular flexibility index (Phi) is 8.62. The Morgan fingerprint density at radius 1 is 1.09 bits per heavy atom. The fourth-order valence-corrected chi connectivity index (χ4v) is 3.51. The number of methoxy groups -OCH3 is 3. The zero-order valence-corrected chi connectivity index (χ0v) is 19.0. The molecule has 9 heteroatoms. The van der Waals surface area contributed by atoms with E-state index in [9.17, 15) is 14.0 Å². The number of hydrogen-bond donors (Lipinski definition) is 0. The van der Waals surface area contributed by atoms with Gasteiger partial charge in [0, 0.05) is 36.8 Å². The molecular formula is C24H28FNO7. The monoisotopic (exact) mass is 461 g/mol. The van der Waals surface area contributed by atoms with Crippen molar-refractivity contribution in [3.63, 3.8) is 0 Å². The van der Waals surface area contributed by atoms with E-state index < -0.39 is 5.97 Å². The Morgan fingerprint density at radius 2 is 1.79 bits per heavy atom. The third kappa shape index (κ3) is 6.66. The quantitative estimate of drug-likeness (QED) is 0.304. The van der Waals surface area contributed by atoms with E-state index in [1.165, 1.54) is 27.4 Å². The van der Waals surface area contributed by atoms with Crippen LogP contribution in [0.4, 0.5) is 4.39 Å². The van der Waals surface area contributed by atoms with Gasteiger partial charge in [0.2, 0.25) is 0 Å². The minimum Gasteiger partial charge on any atom is -0.493 e. The largest absolute Gasteiger partial charge is 0.493 e. The minimum absolute atomic E-state index is 0.192. The first kappa shape index (κ1) is 24.5. The smallest absolute Gasteiger partial charge is 0.313 e. The molecule has 0 amide bonds. The number of halogens is 1. The topological polar surface area (TPSA) is 83.5 Å². The van der Waals surface area contributed by atoms with Crippen LogP contribution < -0.4 is 14.2 Å². The first-order valence-electron chi connectivity index (χ1n) is 10.5. The molecule has 1 atom stereocenters. The molecule has 0 aliphatic carbocycles. The minimum atomic E-state index is -0.577. The van der Waals surface area contributed by atoms with Gasteiger partial charge in [0.05, 0.1) is 27.9 Å². The first-order chi connectivity index (χ1) is 15.9. The number of carbonyl (C=O) groups excluding carboxylic acids is 2. The lowest BCUT2D eigenvalue weighted by Gasteiger charge is -2.33. The van der Waals surface area contributed by atoms with Crippen molar-refractivity contribution >= 4 is 11.8 Å². The van der Waals surface area contributed by atoms with Crippen molar-refractivity contribution < 1.29 is 37.7 Å². The number of esters is 1. The Balaban J connectivity index is 1.53. The molecule has 0 radical (unpaired) electrons. The molecule has 1 heterocycles. The molecule has 2 aromatic carbocycles. The highest BCUT2D eigenvalue weighted by Crippen LogP contribution is 2.30. The Labute approximate surface area is 192 Å². The zero-order valence-electron chi connectivity index (χ0n) is 19.0. The lowest BCUT2D eigenvalue weighted by Crippen LogP contribution is -2.44. The Hall–Kier alpha value is -3.17. The average Bonchev–Trinajstić information content (AvgIpc) is 2.84. The second-order valence-corrected chi connectivity index (χ2v) is 7.54. The van der Waals surface area contributed by atoms with Gasteiger partial charge in [0.15, 0.2) is 17.3 Å². The average molecular weight is 461 g/mol. The lowest BCUT2D eigenvalue weighted by molar-refractivity contribution is -0.139. The molecule has 0 bridgehead atoms. The summed E-state index contributed by atoms with van der Waals surface area (Å²) in [6.07, 6.45) is -0.495. The number of nitrogens with zero attached hydrogens (tertiary/aromatic N) is 1. The standard InChI is InChI=1S/C24H28FNO7/c1-29-22-10-17(20(25)11-23(22)30-2)13-26-8-9-32-19(14-26)15-33-18-6-4-16(5-7-18)21(27)12-24(28)31-3/h4-7,10-11,19H,8-9,12-15H2,1-3H3. The molecule has 0 aromatic heterocycles. The molecule has 1 fully saturated rings. The number of ether oxygens (including phenoxy) is 5. The van der Waals surface area contributed by atoms with Crippen molar-refractivity contribution in [2.24, 2.45) is 0 Å². The molecule has 178 valence electrons. The SMILES string of the molecule is COC(=O)CC(=O)c1ccc(OCC2CN(Cc3cc(OC)c(OC)cc3F)CCO2)cc1. The Bertz CT molecular complexity index is 964. The number of morpholine rings is 1. The van der Waals surface area contributed by atoms with Crippen LogP contribution in [0.3, 0.4) is 0 Å². The van der Waals surface area contributed by atoms with Crippen LogP contribution in [-0.2, 0) is 20.8 Å². The zero-order chi connectivity index (χ0) is 23.8. The van der Waals surface area contributed by atoms with Gasteiger partial charge in [-0.25, -0.2) is 4.39 Å². The molecule has 8 nitrogen and oxygen atoms in total. The van der Waals surface area contributed by atoms with Gasteiger partial charge in [-0.3, -0.25) is 14.5 Å². The second-order valence-electron chi connectivity index (χ2n) is 7.54. The molecule has 1 aliphatic heterocycles. The fraction of sp³-hybridized carbons (Fsp3) is 0.417. The summed E-state index contributed by atoms with van der Waals surface area (Å²) in [6, 6.07) is 9.53. The van der Waals surface area contributed by atoms with Crippen molar-refractivity contribution in [1.29, 1.82) is 0 Å². The van der Waals surface area contributed by atoms with Crippen molar-refractivity contribution in [3.05, 3.63) is 53.3 Å². The summed E-state index contributed by atoms with van der Waals surface area (Å²) in [4.78, 5) is 25.3. The highest BCUT2D eigenvalue weighted by molar-refractivity contribution is 6.05. The maximum Gasteiger partial charge on any atom is 0.313 e.